The highest BCUT2D eigenvalue weighted by molar-refractivity contribution is 5.94. The van der Waals surface area contributed by atoms with E-state index in [0.29, 0.717) is 0 Å². The van der Waals surface area contributed by atoms with Crippen molar-refractivity contribution in [2.75, 3.05) is 13.1 Å². The highest BCUT2D eigenvalue weighted by atomic mass is 16.2. The second-order valence-corrected chi connectivity index (χ2v) is 7.35. The minimum absolute atomic E-state index is 0.0584. The minimum Gasteiger partial charge on any atom is -0.335 e. The Bertz CT molecular complexity index is 516. The summed E-state index contributed by atoms with van der Waals surface area (Å²) in [6, 6.07) is 5.97. The molecular formula is C17H26N2O. The van der Waals surface area contributed by atoms with E-state index in [1.165, 1.54) is 11.1 Å². The van der Waals surface area contributed by atoms with Crippen molar-refractivity contribution < 1.29 is 4.79 Å². The second-order valence-electron chi connectivity index (χ2n) is 7.35. The first-order chi connectivity index (χ1) is 9.10. The van der Waals surface area contributed by atoms with E-state index in [9.17, 15) is 4.79 Å². The van der Waals surface area contributed by atoms with Gasteiger partial charge in [-0.25, -0.2) is 0 Å². The molecule has 3 nitrogen and oxygen atoms in total. The maximum atomic E-state index is 12.7. The van der Waals surface area contributed by atoms with Crippen molar-refractivity contribution in [3.05, 3.63) is 34.9 Å². The highest BCUT2D eigenvalue weighted by Crippen LogP contribution is 2.23. The van der Waals surface area contributed by atoms with Crippen LogP contribution < -0.4 is 5.32 Å². The lowest BCUT2D eigenvalue weighted by molar-refractivity contribution is 0.0472. The van der Waals surface area contributed by atoms with Crippen LogP contribution in [0.3, 0.4) is 0 Å². The molecule has 0 spiro atoms. The molecule has 0 aromatic heterocycles. The van der Waals surface area contributed by atoms with Crippen LogP contribution >= 0.6 is 0 Å². The number of nitrogens with zero attached hydrogens (tertiary/aromatic N) is 1. The summed E-state index contributed by atoms with van der Waals surface area (Å²) in [4.78, 5) is 14.7. The number of carbonyl (C=O) groups is 1. The van der Waals surface area contributed by atoms with Gasteiger partial charge in [-0.05, 0) is 64.8 Å². The van der Waals surface area contributed by atoms with E-state index < -0.39 is 0 Å². The van der Waals surface area contributed by atoms with Gasteiger partial charge >= 0.3 is 0 Å². The SMILES string of the molecule is Cc1ccc(C(=O)N2CC(C)(C)NC(C)(C)C2)cc1C. The molecule has 0 unspecified atom stereocenters. The van der Waals surface area contributed by atoms with Crippen LogP contribution in [0, 0.1) is 13.8 Å². The van der Waals surface area contributed by atoms with E-state index in [1.807, 2.05) is 23.1 Å². The third-order valence-electron chi connectivity index (χ3n) is 3.89. The molecule has 3 heteroatoms. The first-order valence-electron chi connectivity index (χ1n) is 7.26. The van der Waals surface area contributed by atoms with Gasteiger partial charge in [0.15, 0.2) is 0 Å². The molecular weight excluding hydrogens is 248 g/mol. The van der Waals surface area contributed by atoms with Crippen LogP contribution in [-0.2, 0) is 0 Å². The van der Waals surface area contributed by atoms with Gasteiger partial charge in [0.2, 0.25) is 0 Å². The number of nitrogens with one attached hydrogen (secondary N) is 1. The average molecular weight is 274 g/mol. The third kappa shape index (κ3) is 3.21. The normalized spacial score (nSPS) is 20.8. The maximum absolute atomic E-state index is 12.7. The average Bonchev–Trinajstić information content (AvgIpc) is 2.27. The molecule has 0 aliphatic carbocycles. The van der Waals surface area contributed by atoms with Crippen molar-refractivity contribution in [1.29, 1.82) is 0 Å². The topological polar surface area (TPSA) is 32.3 Å². The Morgan fingerprint density at radius 1 is 1.05 bits per heavy atom. The fourth-order valence-corrected chi connectivity index (χ4v) is 3.21. The molecule has 0 bridgehead atoms. The van der Waals surface area contributed by atoms with Crippen LogP contribution in [0.5, 0.6) is 0 Å². The number of benzene rings is 1. The number of hydrogen-bond acceptors (Lipinski definition) is 2. The Hall–Kier alpha value is -1.35. The summed E-state index contributed by atoms with van der Waals surface area (Å²) in [6.45, 7) is 14.2. The largest absolute Gasteiger partial charge is 0.335 e. The first-order valence-corrected chi connectivity index (χ1v) is 7.26. The molecule has 1 aliphatic heterocycles. The molecule has 0 saturated carbocycles. The fourth-order valence-electron chi connectivity index (χ4n) is 3.21. The molecule has 110 valence electrons. The zero-order valence-corrected chi connectivity index (χ0v) is 13.5. The van der Waals surface area contributed by atoms with Gasteiger partial charge in [-0.15, -0.1) is 0 Å². The van der Waals surface area contributed by atoms with Crippen molar-refractivity contribution in [2.45, 2.75) is 52.6 Å². The zero-order valence-electron chi connectivity index (χ0n) is 13.5. The maximum Gasteiger partial charge on any atom is 0.253 e. The van der Waals surface area contributed by atoms with E-state index >= 15 is 0 Å². The van der Waals surface area contributed by atoms with Crippen molar-refractivity contribution in [3.8, 4) is 0 Å². The molecule has 1 aromatic carbocycles. The van der Waals surface area contributed by atoms with Crippen LogP contribution in [0.2, 0.25) is 0 Å². The smallest absolute Gasteiger partial charge is 0.253 e. The van der Waals surface area contributed by atoms with Crippen LogP contribution in [0.15, 0.2) is 18.2 Å². The minimum atomic E-state index is -0.0584. The summed E-state index contributed by atoms with van der Waals surface area (Å²) in [6.07, 6.45) is 0. The monoisotopic (exact) mass is 274 g/mol. The Balaban J connectivity index is 2.26. The summed E-state index contributed by atoms with van der Waals surface area (Å²) in [5.74, 6) is 0.135. The van der Waals surface area contributed by atoms with E-state index in [0.717, 1.165) is 18.7 Å². The summed E-state index contributed by atoms with van der Waals surface area (Å²) in [5.41, 5.74) is 3.07. The third-order valence-corrected chi connectivity index (χ3v) is 3.89. The second kappa shape index (κ2) is 4.88. The lowest BCUT2D eigenvalue weighted by atomic mass is 9.91. The van der Waals surface area contributed by atoms with Gasteiger partial charge < -0.3 is 10.2 Å². The van der Waals surface area contributed by atoms with Gasteiger partial charge in [0.25, 0.3) is 5.91 Å². The Labute approximate surface area is 122 Å². The molecule has 1 amide bonds. The van der Waals surface area contributed by atoms with Gasteiger partial charge in [0, 0.05) is 29.7 Å². The number of rotatable bonds is 1. The molecule has 2 rings (SSSR count). The number of piperazine rings is 1. The standard InChI is InChI=1S/C17H26N2O/c1-12-7-8-14(9-13(12)2)15(20)19-10-16(3,4)18-17(5,6)11-19/h7-9,18H,10-11H2,1-6H3. The zero-order chi connectivity index (χ0) is 15.1. The van der Waals surface area contributed by atoms with Crippen molar-refractivity contribution in [2.24, 2.45) is 0 Å². The number of carbonyl (C=O) groups excluding carboxylic acids is 1. The van der Waals surface area contributed by atoms with Crippen molar-refractivity contribution in [1.82, 2.24) is 10.2 Å². The molecule has 1 fully saturated rings. The summed E-state index contributed by atoms with van der Waals surface area (Å²) in [5, 5.41) is 3.59. The number of hydrogen-bond donors (Lipinski definition) is 1. The highest BCUT2D eigenvalue weighted by Gasteiger charge is 2.38. The molecule has 1 saturated heterocycles. The van der Waals surface area contributed by atoms with Gasteiger partial charge in [-0.2, -0.15) is 0 Å². The quantitative estimate of drug-likeness (QED) is 0.854. The lowest BCUT2D eigenvalue weighted by Gasteiger charge is -2.48. The van der Waals surface area contributed by atoms with E-state index in [-0.39, 0.29) is 17.0 Å². The first kappa shape index (κ1) is 15.0. The van der Waals surface area contributed by atoms with Gasteiger partial charge in [-0.3, -0.25) is 4.79 Å². The summed E-state index contributed by atoms with van der Waals surface area (Å²) >= 11 is 0. The predicted molar refractivity (Wildman–Crippen MR) is 83.1 cm³/mol. The van der Waals surface area contributed by atoms with Crippen molar-refractivity contribution >= 4 is 5.91 Å². The van der Waals surface area contributed by atoms with Crippen LogP contribution in [-0.4, -0.2) is 35.0 Å². The molecule has 0 radical (unpaired) electrons. The van der Waals surface area contributed by atoms with E-state index in [1.54, 1.807) is 0 Å². The molecule has 1 N–H and O–H groups in total. The van der Waals surface area contributed by atoms with Gasteiger partial charge in [0.05, 0.1) is 0 Å². The molecule has 20 heavy (non-hydrogen) atoms. The predicted octanol–water partition coefficient (Wildman–Crippen LogP) is 2.91. The summed E-state index contributed by atoms with van der Waals surface area (Å²) < 4.78 is 0. The fraction of sp³-hybridized carbons (Fsp3) is 0.588. The van der Waals surface area contributed by atoms with Crippen LogP contribution in [0.25, 0.3) is 0 Å². The molecule has 0 atom stereocenters. The van der Waals surface area contributed by atoms with Crippen LogP contribution in [0.1, 0.15) is 49.2 Å². The summed E-state index contributed by atoms with van der Waals surface area (Å²) in [7, 11) is 0. The molecule has 1 heterocycles. The molecule has 1 aromatic rings. The Morgan fingerprint density at radius 2 is 1.60 bits per heavy atom. The number of amides is 1. The van der Waals surface area contributed by atoms with Crippen molar-refractivity contribution in [3.63, 3.8) is 0 Å². The van der Waals surface area contributed by atoms with Gasteiger partial charge in [0.1, 0.15) is 0 Å². The Kier molecular flexibility index (Phi) is 3.67. The van der Waals surface area contributed by atoms with Crippen LogP contribution in [0.4, 0.5) is 0 Å². The van der Waals surface area contributed by atoms with E-state index in [2.05, 4.69) is 46.9 Å². The Morgan fingerprint density at radius 3 is 2.10 bits per heavy atom. The number of aryl methyl sites for hydroxylation is 2. The van der Waals surface area contributed by atoms with E-state index in [4.69, 9.17) is 0 Å². The lowest BCUT2D eigenvalue weighted by Crippen LogP contribution is -2.67. The van der Waals surface area contributed by atoms with Gasteiger partial charge in [-0.1, -0.05) is 6.07 Å². The molecule has 1 aliphatic rings.